The lowest BCUT2D eigenvalue weighted by atomic mass is 9.95. The Balaban J connectivity index is 0.00000115. The molecule has 6 N–H and O–H groups in total. The summed E-state index contributed by atoms with van der Waals surface area (Å²) in [5, 5.41) is 3.03. The molecule has 11 heteroatoms. The topological polar surface area (TPSA) is 155 Å². The summed E-state index contributed by atoms with van der Waals surface area (Å²) in [4.78, 5) is 49.9. The van der Waals surface area contributed by atoms with Gasteiger partial charge in [0.25, 0.3) is 5.91 Å². The van der Waals surface area contributed by atoms with E-state index < -0.39 is 0 Å². The largest absolute Gasteiger partial charge is 0.497 e. The van der Waals surface area contributed by atoms with Crippen LogP contribution in [0.15, 0.2) is 54.0 Å². The Kier molecular flexibility index (Phi) is 9.51. The third-order valence-corrected chi connectivity index (χ3v) is 5.96. The number of piperazine rings is 1. The molecule has 0 radical (unpaired) electrons. The first kappa shape index (κ1) is 26.8. The molecule has 2 heterocycles. The maximum Gasteiger partial charge on any atom is 0.253 e. The first-order chi connectivity index (χ1) is 17.4. The van der Waals surface area contributed by atoms with Crippen LogP contribution in [0.5, 0.6) is 5.75 Å². The van der Waals surface area contributed by atoms with Crippen molar-refractivity contribution in [2.45, 2.75) is 6.42 Å². The lowest BCUT2D eigenvalue weighted by Gasteiger charge is -2.34. The predicted molar refractivity (Wildman–Crippen MR) is 132 cm³/mol. The molecule has 0 bridgehead atoms. The molecule has 11 nitrogen and oxygen atoms in total. The number of nitrogens with one attached hydrogen (secondary N) is 1. The van der Waals surface area contributed by atoms with Crippen LogP contribution in [0.4, 0.5) is 0 Å². The molecule has 1 aromatic carbocycles. The molecule has 1 amide bonds. The molecular formula is C25H33N6O5+. The van der Waals surface area contributed by atoms with Gasteiger partial charge < -0.3 is 20.7 Å². The maximum atomic E-state index is 12.7. The van der Waals surface area contributed by atoms with Gasteiger partial charge in [-0.25, -0.2) is 10.7 Å². The number of nitrogens with two attached hydrogens (primary N) is 1. The number of allylic oxidation sites excluding steroid dienone is 2. The van der Waals surface area contributed by atoms with Crippen LogP contribution in [0.25, 0.3) is 0 Å². The van der Waals surface area contributed by atoms with Gasteiger partial charge in [-0.3, -0.25) is 24.3 Å². The molecule has 4 rings (SSSR count). The fraction of sp³-hybridized carbons (Fsp3) is 0.360. The highest BCUT2D eigenvalue weighted by atomic mass is 16.6. The number of methoxy groups -OCH3 is 1. The van der Waals surface area contributed by atoms with Crippen LogP contribution in [0.2, 0.25) is 0 Å². The number of hydrogen-bond acceptors (Lipinski definition) is 9. The highest BCUT2D eigenvalue weighted by molar-refractivity contribution is 6.25. The van der Waals surface area contributed by atoms with Crippen molar-refractivity contribution < 1.29 is 29.9 Å². The van der Waals surface area contributed by atoms with Crippen LogP contribution in [-0.2, 0) is 4.84 Å². The second-order valence-electron chi connectivity index (χ2n) is 8.28. The van der Waals surface area contributed by atoms with Gasteiger partial charge in [0.05, 0.1) is 19.8 Å². The van der Waals surface area contributed by atoms with Crippen LogP contribution in [0.3, 0.4) is 0 Å². The molecule has 0 saturated carbocycles. The molecule has 2 aliphatic rings. The van der Waals surface area contributed by atoms with E-state index in [-0.39, 0.29) is 40.1 Å². The fourth-order valence-corrected chi connectivity index (χ4v) is 4.05. The molecule has 1 aliphatic heterocycles. The van der Waals surface area contributed by atoms with E-state index in [2.05, 4.69) is 25.9 Å². The predicted octanol–water partition coefficient (Wildman–Crippen LogP) is -0.133. The van der Waals surface area contributed by atoms with E-state index in [4.69, 9.17) is 10.5 Å². The molecule has 1 fully saturated rings. The summed E-state index contributed by atoms with van der Waals surface area (Å²) >= 11 is 0. The van der Waals surface area contributed by atoms with Crippen molar-refractivity contribution in [2.75, 3.05) is 53.5 Å². The Morgan fingerprint density at radius 1 is 1.08 bits per heavy atom. The molecule has 1 saturated heterocycles. The van der Waals surface area contributed by atoms with Gasteiger partial charge in [0.1, 0.15) is 22.8 Å². The molecule has 0 atom stereocenters. The number of nitrogens with zero attached hydrogens (tertiary/aromatic N) is 3. The molecule has 36 heavy (non-hydrogen) atoms. The van der Waals surface area contributed by atoms with Gasteiger partial charge in [0.2, 0.25) is 11.6 Å². The van der Waals surface area contributed by atoms with Crippen LogP contribution >= 0.6 is 0 Å². The van der Waals surface area contributed by atoms with E-state index in [1.807, 2.05) is 4.90 Å². The number of benzene rings is 1. The zero-order valence-electron chi connectivity index (χ0n) is 20.7. The third-order valence-electron chi connectivity index (χ3n) is 5.96. The second-order valence-corrected chi connectivity index (χ2v) is 8.28. The molecule has 192 valence electrons. The maximum absolute atomic E-state index is 12.7. The lowest BCUT2D eigenvalue weighted by Crippen LogP contribution is -2.49. The molecule has 0 spiro atoms. The Hall–Kier alpha value is -3.80. The van der Waals surface area contributed by atoms with Crippen molar-refractivity contribution >= 4 is 17.5 Å². The van der Waals surface area contributed by atoms with Crippen LogP contribution in [0.1, 0.15) is 37.6 Å². The fourth-order valence-electron chi connectivity index (χ4n) is 4.05. The van der Waals surface area contributed by atoms with Gasteiger partial charge in [-0.1, -0.05) is 0 Å². The van der Waals surface area contributed by atoms with E-state index in [0.717, 1.165) is 31.8 Å². The number of hydrogen-bond donors (Lipinski definition) is 3. The number of carbonyl (C=O) groups is 3. The normalized spacial score (nSPS) is 15.7. The van der Waals surface area contributed by atoms with Crippen LogP contribution < -0.4 is 21.7 Å². The molecular weight excluding hydrogens is 464 g/mol. The minimum Gasteiger partial charge on any atom is -0.497 e. The lowest BCUT2D eigenvalue weighted by molar-refractivity contribution is -0.679. The van der Waals surface area contributed by atoms with Crippen molar-refractivity contribution in [3.63, 3.8) is 0 Å². The summed E-state index contributed by atoms with van der Waals surface area (Å²) in [5.74, 6) is 3.00. The molecule has 2 aromatic rings. The van der Waals surface area contributed by atoms with Crippen LogP contribution in [0, 0.1) is 0 Å². The van der Waals surface area contributed by atoms with Crippen molar-refractivity contribution in [2.24, 2.45) is 5.73 Å². The van der Waals surface area contributed by atoms with Gasteiger partial charge >= 0.3 is 0 Å². The number of ether oxygens (including phenoxy) is 1. The number of fused-ring (bicyclic) bond motifs is 1. The second kappa shape index (κ2) is 12.8. The standard InChI is InChI=1S/C24H27N5O4.CH6NO/c1-33-17-7-5-16(6-8-17)24(32)29-14-12-28(13-15-29)11-3-10-27-21-19(25)22(30)18-4-2-9-26-20(18)23(21)31;1-3-2/h2,4-9,27H,3,10-15,25H2,1H3;1-2H3/q;+1. The number of ketones is 2. The van der Waals surface area contributed by atoms with Crippen molar-refractivity contribution in [1.82, 2.24) is 20.1 Å². The SMILES string of the molecule is CO[NH3+].COc1ccc(C(=O)N2CCN(CCCNC3=C(N)C(=O)c4cccnc4C3=O)CC2)cc1. The highest BCUT2D eigenvalue weighted by Gasteiger charge is 2.31. The zero-order chi connectivity index (χ0) is 26.1. The van der Waals surface area contributed by atoms with Crippen LogP contribution in [-0.4, -0.2) is 85.7 Å². The van der Waals surface area contributed by atoms with Crippen molar-refractivity contribution in [3.8, 4) is 5.75 Å². The molecule has 1 aromatic heterocycles. The smallest absolute Gasteiger partial charge is 0.253 e. The van der Waals surface area contributed by atoms with Crippen molar-refractivity contribution in [1.29, 1.82) is 0 Å². The summed E-state index contributed by atoms with van der Waals surface area (Å²) in [6.07, 6.45) is 2.25. The van der Waals surface area contributed by atoms with E-state index in [9.17, 15) is 14.4 Å². The first-order valence-electron chi connectivity index (χ1n) is 11.6. The number of aromatic nitrogens is 1. The first-order valence-corrected chi connectivity index (χ1v) is 11.6. The summed E-state index contributed by atoms with van der Waals surface area (Å²) in [5.41, 5.74) is 7.02. The number of rotatable bonds is 7. The Morgan fingerprint density at radius 3 is 2.39 bits per heavy atom. The summed E-state index contributed by atoms with van der Waals surface area (Å²) in [6, 6.07) is 10.3. The number of quaternary nitrogens is 1. The average Bonchev–Trinajstić information content (AvgIpc) is 2.92. The monoisotopic (exact) mass is 497 g/mol. The highest BCUT2D eigenvalue weighted by Crippen LogP contribution is 2.21. The minimum absolute atomic E-state index is 0.0238. The quantitative estimate of drug-likeness (QED) is 0.350. The van der Waals surface area contributed by atoms with Gasteiger partial charge in [0.15, 0.2) is 0 Å². The van der Waals surface area contributed by atoms with Gasteiger partial charge in [-0.05, 0) is 49.4 Å². The number of Topliss-reactive ketones (excluding diaryl/α,β-unsaturated/α-hetero) is 2. The van der Waals surface area contributed by atoms with Crippen molar-refractivity contribution in [3.05, 3.63) is 70.8 Å². The summed E-state index contributed by atoms with van der Waals surface area (Å²) in [6.45, 7) is 4.19. The van der Waals surface area contributed by atoms with E-state index in [0.29, 0.717) is 25.2 Å². The minimum atomic E-state index is -0.377. The Morgan fingerprint density at radius 2 is 1.75 bits per heavy atom. The Bertz CT molecular complexity index is 1110. The van der Waals surface area contributed by atoms with E-state index >= 15 is 0 Å². The molecule has 1 aliphatic carbocycles. The third kappa shape index (κ3) is 6.25. The average molecular weight is 498 g/mol. The van der Waals surface area contributed by atoms with Gasteiger partial charge in [0, 0.05) is 44.5 Å². The summed E-state index contributed by atoms with van der Waals surface area (Å²) in [7, 11) is 3.11. The van der Waals surface area contributed by atoms with E-state index in [1.165, 1.54) is 13.3 Å². The summed E-state index contributed by atoms with van der Waals surface area (Å²) < 4.78 is 5.14. The van der Waals surface area contributed by atoms with Gasteiger partial charge in [-0.15, -0.1) is 0 Å². The number of pyridine rings is 1. The number of carbonyl (C=O) groups excluding carboxylic acids is 3. The zero-order valence-corrected chi connectivity index (χ0v) is 20.7. The Labute approximate surface area is 210 Å². The van der Waals surface area contributed by atoms with Gasteiger partial charge in [-0.2, -0.15) is 0 Å². The molecule has 0 unspecified atom stereocenters. The number of amides is 1. The van der Waals surface area contributed by atoms with E-state index in [1.54, 1.807) is 43.5 Å².